The molecule has 0 spiro atoms. The van der Waals surface area contributed by atoms with Crippen molar-refractivity contribution in [2.24, 2.45) is 0 Å². The van der Waals surface area contributed by atoms with E-state index in [4.69, 9.17) is 12.2 Å². The quantitative estimate of drug-likeness (QED) is 0.821. The largest absolute Gasteiger partial charge is 0.346 e. The van der Waals surface area contributed by atoms with Gasteiger partial charge in [-0.3, -0.25) is 4.90 Å². The molecule has 0 amide bonds. The average molecular weight is 350 g/mol. The highest BCUT2D eigenvalue weighted by Crippen LogP contribution is 2.23. The van der Waals surface area contributed by atoms with Crippen molar-refractivity contribution in [3.63, 3.8) is 0 Å². The van der Waals surface area contributed by atoms with Crippen LogP contribution in [-0.4, -0.2) is 58.6 Å². The van der Waals surface area contributed by atoms with Gasteiger partial charge >= 0.3 is 0 Å². The SMILES string of the molecule is Cc1ccc(NC(=S)N2CCN(C3CCSCC3)CC2)c(C)c1. The number of hydrogen-bond donors (Lipinski definition) is 1. The van der Waals surface area contributed by atoms with Gasteiger partial charge in [0.2, 0.25) is 0 Å². The number of thiocarbonyl (C=S) groups is 1. The summed E-state index contributed by atoms with van der Waals surface area (Å²) in [7, 11) is 0. The molecule has 1 aromatic carbocycles. The zero-order valence-corrected chi connectivity index (χ0v) is 15.8. The van der Waals surface area contributed by atoms with E-state index in [0.29, 0.717) is 0 Å². The molecule has 2 aliphatic heterocycles. The van der Waals surface area contributed by atoms with Gasteiger partial charge in [0.15, 0.2) is 5.11 Å². The van der Waals surface area contributed by atoms with Crippen molar-refractivity contribution in [3.05, 3.63) is 29.3 Å². The minimum absolute atomic E-state index is 0.805. The van der Waals surface area contributed by atoms with Crippen LogP contribution in [-0.2, 0) is 0 Å². The molecule has 1 aromatic rings. The van der Waals surface area contributed by atoms with Gasteiger partial charge < -0.3 is 10.2 Å². The summed E-state index contributed by atoms with van der Waals surface area (Å²) in [5, 5.41) is 4.31. The molecular weight excluding hydrogens is 322 g/mol. The molecule has 5 heteroatoms. The molecule has 1 N–H and O–H groups in total. The average Bonchev–Trinajstić information content (AvgIpc) is 2.58. The van der Waals surface area contributed by atoms with E-state index in [2.05, 4.69) is 58.9 Å². The van der Waals surface area contributed by atoms with Crippen molar-refractivity contribution < 1.29 is 0 Å². The highest BCUT2D eigenvalue weighted by atomic mass is 32.2. The Balaban J connectivity index is 1.51. The Morgan fingerprint density at radius 3 is 2.48 bits per heavy atom. The number of piperazine rings is 1. The first-order valence-corrected chi connectivity index (χ1v) is 10.1. The van der Waals surface area contributed by atoms with Gasteiger partial charge in [0.25, 0.3) is 0 Å². The zero-order chi connectivity index (χ0) is 16.2. The topological polar surface area (TPSA) is 18.5 Å². The Bertz CT molecular complexity index is 547. The van der Waals surface area contributed by atoms with Crippen LogP contribution < -0.4 is 5.32 Å². The predicted molar refractivity (Wildman–Crippen MR) is 106 cm³/mol. The van der Waals surface area contributed by atoms with Crippen molar-refractivity contribution in [3.8, 4) is 0 Å². The third-order valence-electron chi connectivity index (χ3n) is 4.93. The monoisotopic (exact) mass is 349 g/mol. The summed E-state index contributed by atoms with van der Waals surface area (Å²) >= 11 is 7.74. The summed E-state index contributed by atoms with van der Waals surface area (Å²) in [6.45, 7) is 8.63. The van der Waals surface area contributed by atoms with Crippen LogP contribution in [0.1, 0.15) is 24.0 Å². The van der Waals surface area contributed by atoms with Crippen LogP contribution in [0.25, 0.3) is 0 Å². The lowest BCUT2D eigenvalue weighted by Gasteiger charge is -2.41. The van der Waals surface area contributed by atoms with E-state index in [-0.39, 0.29) is 0 Å². The van der Waals surface area contributed by atoms with Gasteiger partial charge in [-0.15, -0.1) is 0 Å². The van der Waals surface area contributed by atoms with Gasteiger partial charge in [-0.05, 0) is 62.0 Å². The number of nitrogens with one attached hydrogen (secondary N) is 1. The smallest absolute Gasteiger partial charge is 0.173 e. The fraction of sp³-hybridized carbons (Fsp3) is 0.611. The van der Waals surface area contributed by atoms with E-state index >= 15 is 0 Å². The zero-order valence-electron chi connectivity index (χ0n) is 14.2. The molecule has 0 radical (unpaired) electrons. The first kappa shape index (κ1) is 17.1. The maximum atomic E-state index is 5.64. The second-order valence-corrected chi connectivity index (χ2v) is 8.23. The van der Waals surface area contributed by atoms with E-state index in [1.165, 1.54) is 35.5 Å². The van der Waals surface area contributed by atoms with E-state index < -0.39 is 0 Å². The molecule has 0 bridgehead atoms. The Kier molecular flexibility index (Phi) is 5.83. The molecule has 0 atom stereocenters. The van der Waals surface area contributed by atoms with Crippen molar-refractivity contribution in [1.82, 2.24) is 9.80 Å². The van der Waals surface area contributed by atoms with Crippen molar-refractivity contribution in [2.45, 2.75) is 32.7 Å². The van der Waals surface area contributed by atoms with E-state index in [1.54, 1.807) is 0 Å². The van der Waals surface area contributed by atoms with Crippen LogP contribution in [0, 0.1) is 13.8 Å². The molecule has 0 unspecified atom stereocenters. The van der Waals surface area contributed by atoms with Crippen molar-refractivity contribution >= 4 is 34.8 Å². The van der Waals surface area contributed by atoms with Crippen LogP contribution in [0.4, 0.5) is 5.69 Å². The summed E-state index contributed by atoms with van der Waals surface area (Å²) in [5.74, 6) is 2.66. The normalized spacial score (nSPS) is 20.5. The number of rotatable bonds is 2. The molecule has 3 rings (SSSR count). The molecule has 0 aromatic heterocycles. The third-order valence-corrected chi connectivity index (χ3v) is 6.34. The maximum absolute atomic E-state index is 5.64. The fourth-order valence-electron chi connectivity index (χ4n) is 3.49. The Morgan fingerprint density at radius 2 is 1.83 bits per heavy atom. The van der Waals surface area contributed by atoms with E-state index in [9.17, 15) is 0 Å². The summed E-state index contributed by atoms with van der Waals surface area (Å²) in [4.78, 5) is 5.00. The first-order chi connectivity index (χ1) is 11.1. The Labute approximate surface area is 149 Å². The molecule has 2 saturated heterocycles. The number of anilines is 1. The van der Waals surface area contributed by atoms with Crippen LogP contribution in [0.5, 0.6) is 0 Å². The minimum atomic E-state index is 0.805. The summed E-state index contributed by atoms with van der Waals surface area (Å²) in [6.07, 6.45) is 2.71. The Morgan fingerprint density at radius 1 is 1.13 bits per heavy atom. The molecule has 2 heterocycles. The molecule has 23 heavy (non-hydrogen) atoms. The standard InChI is InChI=1S/C18H27N3S2/c1-14-3-4-17(15(2)13-14)19-18(22)21-9-7-20(8-10-21)16-5-11-23-12-6-16/h3-4,13,16H,5-12H2,1-2H3,(H,19,22). The molecule has 2 fully saturated rings. The van der Waals surface area contributed by atoms with Gasteiger partial charge in [0.1, 0.15) is 0 Å². The highest BCUT2D eigenvalue weighted by Gasteiger charge is 2.26. The molecule has 126 valence electrons. The lowest BCUT2D eigenvalue weighted by Crippen LogP contribution is -2.53. The Hall–Kier alpha value is -0.780. The number of aryl methyl sites for hydroxylation is 2. The van der Waals surface area contributed by atoms with Gasteiger partial charge in [0.05, 0.1) is 0 Å². The molecule has 0 aliphatic carbocycles. The van der Waals surface area contributed by atoms with Crippen LogP contribution in [0.15, 0.2) is 18.2 Å². The number of nitrogens with zero attached hydrogens (tertiary/aromatic N) is 2. The number of thioether (sulfide) groups is 1. The maximum Gasteiger partial charge on any atom is 0.173 e. The minimum Gasteiger partial charge on any atom is -0.346 e. The lowest BCUT2D eigenvalue weighted by atomic mass is 10.1. The van der Waals surface area contributed by atoms with Crippen LogP contribution in [0.3, 0.4) is 0 Å². The van der Waals surface area contributed by atoms with Gasteiger partial charge in [0, 0.05) is 37.9 Å². The summed E-state index contributed by atoms with van der Waals surface area (Å²) < 4.78 is 0. The first-order valence-electron chi connectivity index (χ1n) is 8.58. The second kappa shape index (κ2) is 7.86. The van der Waals surface area contributed by atoms with Gasteiger partial charge in [-0.1, -0.05) is 17.7 Å². The summed E-state index contributed by atoms with van der Waals surface area (Å²) in [5.41, 5.74) is 3.68. The molecule has 2 aliphatic rings. The lowest BCUT2D eigenvalue weighted by molar-refractivity contribution is 0.126. The molecular formula is C18H27N3S2. The number of benzene rings is 1. The molecule has 3 nitrogen and oxygen atoms in total. The number of hydrogen-bond acceptors (Lipinski definition) is 3. The fourth-order valence-corrected chi connectivity index (χ4v) is 4.86. The van der Waals surface area contributed by atoms with E-state index in [1.807, 2.05) is 0 Å². The van der Waals surface area contributed by atoms with Gasteiger partial charge in [-0.25, -0.2) is 0 Å². The highest BCUT2D eigenvalue weighted by molar-refractivity contribution is 7.99. The molecule has 0 saturated carbocycles. The van der Waals surface area contributed by atoms with Crippen LogP contribution >= 0.6 is 24.0 Å². The summed E-state index contributed by atoms with van der Waals surface area (Å²) in [6, 6.07) is 7.27. The predicted octanol–water partition coefficient (Wildman–Crippen LogP) is 3.51. The second-order valence-electron chi connectivity index (χ2n) is 6.62. The van der Waals surface area contributed by atoms with E-state index in [0.717, 1.165) is 43.0 Å². The van der Waals surface area contributed by atoms with Crippen LogP contribution in [0.2, 0.25) is 0 Å². The van der Waals surface area contributed by atoms with Crippen molar-refractivity contribution in [1.29, 1.82) is 0 Å². The van der Waals surface area contributed by atoms with Crippen molar-refractivity contribution in [2.75, 3.05) is 43.0 Å². The third kappa shape index (κ3) is 4.40. The van der Waals surface area contributed by atoms with Gasteiger partial charge in [-0.2, -0.15) is 11.8 Å².